The first-order valence-corrected chi connectivity index (χ1v) is 9.40. The molecule has 7 nitrogen and oxygen atoms in total. The fourth-order valence-electron chi connectivity index (χ4n) is 2.42. The molecule has 0 saturated carbocycles. The van der Waals surface area contributed by atoms with Crippen molar-refractivity contribution < 1.29 is 18.8 Å². The van der Waals surface area contributed by atoms with Gasteiger partial charge in [-0.3, -0.25) is 4.79 Å². The van der Waals surface area contributed by atoms with Crippen LogP contribution in [0.1, 0.15) is 39.0 Å². The number of carbonyl (C=O) groups is 1. The Hall–Kier alpha value is -2.41. The van der Waals surface area contributed by atoms with Crippen LogP contribution >= 0.6 is 0 Å². The zero-order chi connectivity index (χ0) is 19.5. The monoisotopic (exact) mass is 375 g/mol. The van der Waals surface area contributed by atoms with E-state index in [9.17, 15) is 4.79 Å². The molecule has 148 valence electrons. The Kier molecular flexibility index (Phi) is 8.77. The van der Waals surface area contributed by atoms with Crippen molar-refractivity contribution in [2.75, 3.05) is 26.9 Å². The maximum atomic E-state index is 11.8. The van der Waals surface area contributed by atoms with Gasteiger partial charge in [0.05, 0.1) is 7.11 Å². The minimum Gasteiger partial charge on any atom is -0.497 e. The molecule has 1 amide bonds. The largest absolute Gasteiger partial charge is 0.497 e. The summed E-state index contributed by atoms with van der Waals surface area (Å²) in [6, 6.07) is 7.46. The third-order valence-corrected chi connectivity index (χ3v) is 3.85. The minimum absolute atomic E-state index is 0.0359. The number of carbonyl (C=O) groups excluding carboxylic acids is 1. The van der Waals surface area contributed by atoms with Gasteiger partial charge in [0.2, 0.25) is 17.6 Å². The molecule has 0 spiro atoms. The highest BCUT2D eigenvalue weighted by Crippen LogP contribution is 2.20. The maximum absolute atomic E-state index is 11.8. The lowest BCUT2D eigenvalue weighted by molar-refractivity contribution is -0.121. The summed E-state index contributed by atoms with van der Waals surface area (Å²) in [6.07, 6.45) is 2.51. The molecule has 7 heteroatoms. The fourth-order valence-corrected chi connectivity index (χ4v) is 2.42. The van der Waals surface area contributed by atoms with Gasteiger partial charge in [0.15, 0.2) is 0 Å². The van der Waals surface area contributed by atoms with Crippen LogP contribution in [-0.4, -0.2) is 42.9 Å². The molecule has 0 fully saturated rings. The Labute approximate surface area is 160 Å². The van der Waals surface area contributed by atoms with Crippen molar-refractivity contribution in [1.29, 1.82) is 0 Å². The van der Waals surface area contributed by atoms with E-state index in [1.807, 2.05) is 24.3 Å². The molecule has 0 aliphatic rings. The molecule has 0 bridgehead atoms. The van der Waals surface area contributed by atoms with E-state index in [1.54, 1.807) is 7.11 Å². The second-order valence-electron chi connectivity index (χ2n) is 6.77. The number of aromatic nitrogens is 2. The number of ether oxygens (including phenoxy) is 2. The Balaban J connectivity index is 1.62. The summed E-state index contributed by atoms with van der Waals surface area (Å²) in [5.41, 5.74) is 0.864. The third kappa shape index (κ3) is 7.78. The number of hydrogen-bond donors (Lipinski definition) is 1. The van der Waals surface area contributed by atoms with Gasteiger partial charge in [-0.25, -0.2) is 0 Å². The van der Waals surface area contributed by atoms with Crippen LogP contribution in [0, 0.1) is 5.92 Å². The van der Waals surface area contributed by atoms with Crippen LogP contribution < -0.4 is 10.1 Å². The highest BCUT2D eigenvalue weighted by molar-refractivity contribution is 5.75. The van der Waals surface area contributed by atoms with E-state index in [-0.39, 0.29) is 5.91 Å². The van der Waals surface area contributed by atoms with Crippen LogP contribution in [0.15, 0.2) is 28.8 Å². The van der Waals surface area contributed by atoms with Gasteiger partial charge in [-0.05, 0) is 43.0 Å². The zero-order valence-electron chi connectivity index (χ0n) is 16.4. The molecule has 1 aromatic carbocycles. The van der Waals surface area contributed by atoms with Crippen molar-refractivity contribution in [3.05, 3.63) is 30.2 Å². The van der Waals surface area contributed by atoms with Gasteiger partial charge < -0.3 is 19.3 Å². The Morgan fingerprint density at radius 2 is 2.00 bits per heavy atom. The summed E-state index contributed by atoms with van der Waals surface area (Å²) in [4.78, 5) is 16.2. The highest BCUT2D eigenvalue weighted by atomic mass is 16.5. The van der Waals surface area contributed by atoms with Gasteiger partial charge in [-0.1, -0.05) is 19.0 Å². The average molecular weight is 375 g/mol. The van der Waals surface area contributed by atoms with Gasteiger partial charge in [0.1, 0.15) is 5.75 Å². The maximum Gasteiger partial charge on any atom is 0.226 e. The first-order chi connectivity index (χ1) is 13.1. The minimum atomic E-state index is 0.0359. The Morgan fingerprint density at radius 3 is 2.70 bits per heavy atom. The second-order valence-corrected chi connectivity index (χ2v) is 6.77. The van der Waals surface area contributed by atoms with Crippen LogP contribution in [0.3, 0.4) is 0 Å². The van der Waals surface area contributed by atoms with Crippen LogP contribution in [0.4, 0.5) is 0 Å². The standard InChI is InChI=1S/C20H29N3O4/c1-15(2)14-26-13-5-12-21-18(24)6-4-7-19-22-20(23-27-19)16-8-10-17(25-3)11-9-16/h8-11,15H,4-7,12-14H2,1-3H3,(H,21,24). The molecular weight excluding hydrogens is 346 g/mol. The van der Waals surface area contributed by atoms with Crippen molar-refractivity contribution in [1.82, 2.24) is 15.5 Å². The lowest BCUT2D eigenvalue weighted by Crippen LogP contribution is -2.25. The van der Waals surface area contributed by atoms with Crippen molar-refractivity contribution in [3.8, 4) is 17.1 Å². The van der Waals surface area contributed by atoms with E-state index in [0.717, 1.165) is 24.3 Å². The van der Waals surface area contributed by atoms with E-state index >= 15 is 0 Å². The number of benzene rings is 1. The fraction of sp³-hybridized carbons (Fsp3) is 0.550. The molecule has 0 saturated heterocycles. The molecule has 1 aromatic heterocycles. The van der Waals surface area contributed by atoms with Crippen LogP contribution in [0.2, 0.25) is 0 Å². The number of rotatable bonds is 12. The van der Waals surface area contributed by atoms with Crippen molar-refractivity contribution in [2.45, 2.75) is 39.5 Å². The third-order valence-electron chi connectivity index (χ3n) is 3.85. The highest BCUT2D eigenvalue weighted by Gasteiger charge is 2.09. The molecule has 0 aliphatic carbocycles. The van der Waals surface area contributed by atoms with Crippen LogP contribution in [-0.2, 0) is 16.0 Å². The molecule has 0 radical (unpaired) electrons. The number of nitrogens with one attached hydrogen (secondary N) is 1. The molecular formula is C20H29N3O4. The van der Waals surface area contributed by atoms with Crippen LogP contribution in [0.25, 0.3) is 11.4 Å². The van der Waals surface area contributed by atoms with Gasteiger partial charge in [-0.15, -0.1) is 0 Å². The van der Waals surface area contributed by atoms with Crippen molar-refractivity contribution >= 4 is 5.91 Å². The zero-order valence-corrected chi connectivity index (χ0v) is 16.4. The summed E-state index contributed by atoms with van der Waals surface area (Å²) >= 11 is 0. The van der Waals surface area contributed by atoms with E-state index < -0.39 is 0 Å². The summed E-state index contributed by atoms with van der Waals surface area (Å²) < 4.78 is 15.9. The summed E-state index contributed by atoms with van der Waals surface area (Å²) in [5, 5.41) is 6.89. The number of amides is 1. The lowest BCUT2D eigenvalue weighted by Gasteiger charge is -2.07. The molecule has 0 aliphatic heterocycles. The first-order valence-electron chi connectivity index (χ1n) is 9.40. The number of nitrogens with zero attached hydrogens (tertiary/aromatic N) is 2. The summed E-state index contributed by atoms with van der Waals surface area (Å²) in [7, 11) is 1.62. The number of methoxy groups -OCH3 is 1. The predicted octanol–water partition coefficient (Wildman–Crippen LogP) is 3.25. The lowest BCUT2D eigenvalue weighted by atomic mass is 10.2. The van der Waals surface area contributed by atoms with Gasteiger partial charge >= 0.3 is 0 Å². The molecule has 1 heterocycles. The van der Waals surface area contributed by atoms with E-state index in [4.69, 9.17) is 14.0 Å². The summed E-state index contributed by atoms with van der Waals surface area (Å²) in [5.74, 6) is 2.43. The van der Waals surface area contributed by atoms with Gasteiger partial charge in [0.25, 0.3) is 0 Å². The SMILES string of the molecule is COc1ccc(-c2noc(CCCC(=O)NCCCOCC(C)C)n2)cc1. The molecule has 1 N–H and O–H groups in total. The smallest absolute Gasteiger partial charge is 0.226 e. The van der Waals surface area contributed by atoms with Crippen LogP contribution in [0.5, 0.6) is 5.75 Å². The first kappa shape index (κ1) is 20.9. The van der Waals surface area contributed by atoms with E-state index in [0.29, 0.717) is 50.0 Å². The average Bonchev–Trinajstić information content (AvgIpc) is 3.13. The Bertz CT molecular complexity index is 683. The topological polar surface area (TPSA) is 86.5 Å². The quantitative estimate of drug-likeness (QED) is 0.573. The molecule has 0 atom stereocenters. The van der Waals surface area contributed by atoms with E-state index in [2.05, 4.69) is 29.3 Å². The predicted molar refractivity (Wildman–Crippen MR) is 103 cm³/mol. The van der Waals surface area contributed by atoms with Gasteiger partial charge in [0, 0.05) is 38.2 Å². The molecule has 2 aromatic rings. The van der Waals surface area contributed by atoms with Gasteiger partial charge in [-0.2, -0.15) is 4.98 Å². The molecule has 2 rings (SSSR count). The number of aryl methyl sites for hydroxylation is 1. The number of hydrogen-bond acceptors (Lipinski definition) is 6. The summed E-state index contributed by atoms with van der Waals surface area (Å²) in [6.45, 7) is 6.31. The van der Waals surface area contributed by atoms with Crippen molar-refractivity contribution in [3.63, 3.8) is 0 Å². The molecule has 27 heavy (non-hydrogen) atoms. The normalized spacial score (nSPS) is 11.0. The van der Waals surface area contributed by atoms with Crippen molar-refractivity contribution in [2.24, 2.45) is 5.92 Å². The molecule has 0 unspecified atom stereocenters. The Morgan fingerprint density at radius 1 is 1.22 bits per heavy atom. The second kappa shape index (κ2) is 11.3. The van der Waals surface area contributed by atoms with E-state index in [1.165, 1.54) is 0 Å².